The van der Waals surface area contributed by atoms with Crippen LogP contribution in [0.1, 0.15) is 45.7 Å². The monoisotopic (exact) mass is 522 g/mol. The molecule has 7 atom stereocenters. The minimum absolute atomic E-state index is 0.184. The van der Waals surface area contributed by atoms with Gasteiger partial charge in [0, 0.05) is 10.4 Å². The Morgan fingerprint density at radius 1 is 1.33 bits per heavy atom. The number of ether oxygens (including phenoxy) is 2. The van der Waals surface area contributed by atoms with Gasteiger partial charge >= 0.3 is 5.97 Å². The lowest BCUT2D eigenvalue weighted by molar-refractivity contribution is -0.155. The Morgan fingerprint density at radius 2 is 2.00 bits per heavy atom. The molecule has 0 saturated carbocycles. The van der Waals surface area contributed by atoms with E-state index in [2.05, 4.69) is 21.2 Å². The van der Waals surface area contributed by atoms with Gasteiger partial charge in [-0.3, -0.25) is 14.4 Å². The summed E-state index contributed by atoms with van der Waals surface area (Å²) in [6.45, 7) is 7.12. The molecular formula is C24H31BrN2O6. The molecule has 33 heavy (non-hydrogen) atoms. The first kappa shape index (κ1) is 24.2. The van der Waals surface area contributed by atoms with Crippen LogP contribution in [0.25, 0.3) is 0 Å². The molecule has 1 aromatic rings. The number of carbonyl (C=O) groups excluding carboxylic acids is 3. The van der Waals surface area contributed by atoms with Crippen LogP contribution in [0.5, 0.6) is 0 Å². The Morgan fingerprint density at radius 3 is 2.58 bits per heavy atom. The van der Waals surface area contributed by atoms with E-state index >= 15 is 0 Å². The van der Waals surface area contributed by atoms with Crippen molar-refractivity contribution in [1.82, 2.24) is 10.2 Å². The summed E-state index contributed by atoms with van der Waals surface area (Å²) >= 11 is 3.62. The molecule has 0 aromatic heterocycles. The second kappa shape index (κ2) is 8.67. The number of halogens is 1. The fraction of sp³-hybridized carbons (Fsp3) is 0.625. The number of aliphatic hydroxyl groups is 1. The Hall–Kier alpha value is -1.97. The number of aliphatic hydroxyl groups excluding tert-OH is 1. The molecule has 4 rings (SSSR count). The van der Waals surface area contributed by atoms with E-state index in [4.69, 9.17) is 9.47 Å². The zero-order chi connectivity index (χ0) is 24.1. The van der Waals surface area contributed by atoms with Gasteiger partial charge in [0.15, 0.2) is 0 Å². The van der Waals surface area contributed by atoms with Crippen molar-refractivity contribution in [1.29, 1.82) is 0 Å². The average molecular weight is 523 g/mol. The van der Waals surface area contributed by atoms with Crippen molar-refractivity contribution in [3.63, 3.8) is 0 Å². The number of hydrogen-bond acceptors (Lipinski definition) is 6. The third-order valence-electron chi connectivity index (χ3n) is 6.73. The summed E-state index contributed by atoms with van der Waals surface area (Å²) in [5.74, 6) is -2.90. The Bertz CT molecular complexity index is 935. The van der Waals surface area contributed by atoms with Gasteiger partial charge in [0.05, 0.1) is 37.2 Å². The molecule has 9 heteroatoms. The maximum atomic E-state index is 14.0. The molecule has 0 radical (unpaired) electrons. The Kier molecular flexibility index (Phi) is 6.35. The summed E-state index contributed by atoms with van der Waals surface area (Å²) in [5, 5.41) is 13.4. The predicted octanol–water partition coefficient (Wildman–Crippen LogP) is 1.95. The molecule has 8 nitrogen and oxygen atoms in total. The summed E-state index contributed by atoms with van der Waals surface area (Å²) in [4.78, 5) is 41.9. The topological polar surface area (TPSA) is 105 Å². The molecule has 3 heterocycles. The molecule has 2 amide bonds. The molecule has 0 aliphatic carbocycles. The number of likely N-dealkylation sites (tertiary alicyclic amines) is 1. The van der Waals surface area contributed by atoms with E-state index in [0.717, 1.165) is 0 Å². The van der Waals surface area contributed by atoms with E-state index in [-0.39, 0.29) is 29.9 Å². The average Bonchev–Trinajstić information content (AvgIpc) is 3.32. The fourth-order valence-corrected chi connectivity index (χ4v) is 6.62. The third kappa shape index (κ3) is 3.88. The number of esters is 1. The second-order valence-corrected chi connectivity index (χ2v) is 11.2. The van der Waals surface area contributed by atoms with Gasteiger partial charge in [0.2, 0.25) is 11.8 Å². The minimum atomic E-state index is -1.19. The lowest BCUT2D eigenvalue weighted by atomic mass is 9.70. The predicted molar refractivity (Wildman–Crippen MR) is 123 cm³/mol. The number of carbonyl (C=O) groups is 3. The summed E-state index contributed by atoms with van der Waals surface area (Å²) in [6.07, 6.45) is -0.162. The van der Waals surface area contributed by atoms with Crippen LogP contribution in [0.15, 0.2) is 30.3 Å². The van der Waals surface area contributed by atoms with Gasteiger partial charge in [0.1, 0.15) is 11.6 Å². The molecule has 180 valence electrons. The summed E-state index contributed by atoms with van der Waals surface area (Å²) in [5.41, 5.74) is -1.03. The van der Waals surface area contributed by atoms with Crippen molar-refractivity contribution in [3.8, 4) is 0 Å². The van der Waals surface area contributed by atoms with Crippen LogP contribution in [0.4, 0.5) is 0 Å². The lowest BCUT2D eigenvalue weighted by Crippen LogP contribution is -2.59. The maximum absolute atomic E-state index is 14.0. The third-order valence-corrected chi connectivity index (χ3v) is 7.57. The zero-order valence-corrected chi connectivity index (χ0v) is 20.9. The summed E-state index contributed by atoms with van der Waals surface area (Å²) < 4.78 is 11.7. The second-order valence-electron chi connectivity index (χ2n) is 10.0. The van der Waals surface area contributed by atoms with Crippen LogP contribution < -0.4 is 5.32 Å². The lowest BCUT2D eigenvalue weighted by Gasteiger charge is -2.38. The van der Waals surface area contributed by atoms with Gasteiger partial charge in [0.25, 0.3) is 0 Å². The van der Waals surface area contributed by atoms with Gasteiger partial charge in [-0.1, -0.05) is 46.3 Å². The van der Waals surface area contributed by atoms with Gasteiger partial charge in [-0.05, 0) is 39.7 Å². The first-order valence-corrected chi connectivity index (χ1v) is 12.3. The van der Waals surface area contributed by atoms with E-state index in [9.17, 15) is 19.5 Å². The fourth-order valence-electron chi connectivity index (χ4n) is 5.68. The highest BCUT2D eigenvalue weighted by atomic mass is 79.9. The molecule has 3 fully saturated rings. The standard InChI is InChI=1S/C24H31BrN2O6/c1-5-32-22(31)16-17-21(30)27(15(12-28)13-9-7-6-8-10-13)19(20(29)26-23(2,3)4)24(17)11-14(25)18(16)33-24/h6-10,14-19,28H,5,11-12H2,1-4H3,(H,26,29)/t14?,15-,16+,17+,18+,19?,24?/m1/s1. The molecule has 2 N–H and O–H groups in total. The van der Waals surface area contributed by atoms with Gasteiger partial charge in [-0.2, -0.15) is 0 Å². The van der Waals surface area contributed by atoms with Crippen molar-refractivity contribution in [2.45, 2.75) is 68.3 Å². The number of nitrogens with zero attached hydrogens (tertiary/aromatic N) is 1. The van der Waals surface area contributed by atoms with Crippen LogP contribution in [0.3, 0.4) is 0 Å². The van der Waals surface area contributed by atoms with Crippen molar-refractivity contribution in [2.75, 3.05) is 13.2 Å². The van der Waals surface area contributed by atoms with Crippen LogP contribution in [0.2, 0.25) is 0 Å². The first-order chi connectivity index (χ1) is 15.6. The van der Waals surface area contributed by atoms with Crippen LogP contribution in [-0.2, 0) is 23.9 Å². The van der Waals surface area contributed by atoms with Gasteiger partial charge in [-0.25, -0.2) is 0 Å². The van der Waals surface area contributed by atoms with Gasteiger partial charge < -0.3 is 24.8 Å². The number of benzene rings is 1. The van der Waals surface area contributed by atoms with Crippen LogP contribution in [0, 0.1) is 11.8 Å². The number of amides is 2. The number of hydrogen-bond donors (Lipinski definition) is 2. The molecule has 3 unspecified atom stereocenters. The van der Waals surface area contributed by atoms with Crippen molar-refractivity contribution >= 4 is 33.7 Å². The normalized spacial score (nSPS) is 33.7. The highest BCUT2D eigenvalue weighted by Gasteiger charge is 2.77. The van der Waals surface area contributed by atoms with Crippen LogP contribution in [-0.4, -0.2) is 69.1 Å². The Balaban J connectivity index is 1.83. The summed E-state index contributed by atoms with van der Waals surface area (Å²) in [7, 11) is 0. The van der Waals surface area contributed by atoms with E-state index in [1.807, 2.05) is 51.1 Å². The molecule has 3 saturated heterocycles. The van der Waals surface area contributed by atoms with E-state index in [0.29, 0.717) is 12.0 Å². The summed E-state index contributed by atoms with van der Waals surface area (Å²) in [6, 6.07) is 7.35. The Labute approximate surface area is 202 Å². The molecule has 1 aromatic carbocycles. The number of rotatable bonds is 6. The van der Waals surface area contributed by atoms with Crippen LogP contribution >= 0.6 is 15.9 Å². The molecule has 3 aliphatic rings. The molecule has 2 bridgehead atoms. The van der Waals surface area contributed by atoms with E-state index in [1.165, 1.54) is 4.90 Å². The highest BCUT2D eigenvalue weighted by molar-refractivity contribution is 9.09. The smallest absolute Gasteiger partial charge is 0.312 e. The van der Waals surface area contributed by atoms with E-state index < -0.39 is 47.1 Å². The largest absolute Gasteiger partial charge is 0.466 e. The van der Waals surface area contributed by atoms with Gasteiger partial charge in [-0.15, -0.1) is 0 Å². The van der Waals surface area contributed by atoms with Crippen molar-refractivity contribution in [3.05, 3.63) is 35.9 Å². The minimum Gasteiger partial charge on any atom is -0.466 e. The highest BCUT2D eigenvalue weighted by Crippen LogP contribution is 2.61. The first-order valence-electron chi connectivity index (χ1n) is 11.3. The van der Waals surface area contributed by atoms with Crippen molar-refractivity contribution < 1.29 is 29.0 Å². The SMILES string of the molecule is CCOC(=O)[C@H]1[C@H]2C(=O)N([C@H](CO)c3ccccc3)C(C(=O)NC(C)(C)C)C23CC(Br)[C@@H]1O3. The molecule has 3 aliphatic heterocycles. The number of nitrogens with one attached hydrogen (secondary N) is 1. The molecule has 1 spiro atoms. The quantitative estimate of drug-likeness (QED) is 0.437. The van der Waals surface area contributed by atoms with E-state index in [1.54, 1.807) is 6.92 Å². The zero-order valence-electron chi connectivity index (χ0n) is 19.3. The number of alkyl halides is 1. The van der Waals surface area contributed by atoms with Crippen molar-refractivity contribution in [2.24, 2.45) is 11.8 Å². The number of fused-ring (bicyclic) bond motifs is 1. The molecular weight excluding hydrogens is 492 g/mol. The maximum Gasteiger partial charge on any atom is 0.312 e.